The number of allylic oxidation sites excluding steroid dienone is 1. The van der Waals surface area contributed by atoms with E-state index in [1.54, 1.807) is 7.11 Å². The van der Waals surface area contributed by atoms with Crippen LogP contribution in [-0.4, -0.2) is 13.0 Å². The Bertz CT molecular complexity index is 497. The standard InChI is InChI=1S/C15H18BrNO2/c1-19-14-8-7-12(16)10-13(14)17-15(18)9-11-5-3-2-4-6-11/h5,7-8,10H,2-4,6,9H2,1H3,(H,17,18). The predicted molar refractivity (Wildman–Crippen MR) is 80.5 cm³/mol. The monoisotopic (exact) mass is 323 g/mol. The summed E-state index contributed by atoms with van der Waals surface area (Å²) >= 11 is 3.40. The number of rotatable bonds is 4. The van der Waals surface area contributed by atoms with Crippen molar-refractivity contribution in [2.75, 3.05) is 12.4 Å². The molecule has 0 heterocycles. The predicted octanol–water partition coefficient (Wildman–Crippen LogP) is 4.29. The van der Waals surface area contributed by atoms with E-state index in [1.807, 2.05) is 18.2 Å². The van der Waals surface area contributed by atoms with Crippen LogP contribution in [0.25, 0.3) is 0 Å². The third-order valence-electron chi connectivity index (χ3n) is 3.21. The van der Waals surface area contributed by atoms with Crippen LogP contribution in [-0.2, 0) is 4.79 Å². The maximum atomic E-state index is 12.0. The number of methoxy groups -OCH3 is 1. The number of ether oxygens (including phenoxy) is 1. The summed E-state index contributed by atoms with van der Waals surface area (Å²) < 4.78 is 6.16. The molecule has 0 spiro atoms. The molecule has 1 aliphatic carbocycles. The van der Waals surface area contributed by atoms with Gasteiger partial charge in [-0.3, -0.25) is 4.79 Å². The van der Waals surface area contributed by atoms with Gasteiger partial charge in [-0.25, -0.2) is 0 Å². The van der Waals surface area contributed by atoms with E-state index in [0.717, 1.165) is 17.3 Å². The maximum Gasteiger partial charge on any atom is 0.228 e. The van der Waals surface area contributed by atoms with Crippen molar-refractivity contribution in [1.29, 1.82) is 0 Å². The first-order valence-electron chi connectivity index (χ1n) is 6.50. The van der Waals surface area contributed by atoms with E-state index in [9.17, 15) is 4.79 Å². The van der Waals surface area contributed by atoms with Crippen LogP contribution in [0.2, 0.25) is 0 Å². The van der Waals surface area contributed by atoms with E-state index in [4.69, 9.17) is 4.74 Å². The molecule has 0 unspecified atom stereocenters. The van der Waals surface area contributed by atoms with Crippen molar-refractivity contribution in [1.82, 2.24) is 0 Å². The Balaban J connectivity index is 2.02. The topological polar surface area (TPSA) is 38.3 Å². The smallest absolute Gasteiger partial charge is 0.228 e. The number of anilines is 1. The summed E-state index contributed by atoms with van der Waals surface area (Å²) in [5.41, 5.74) is 1.95. The number of benzene rings is 1. The number of amides is 1. The van der Waals surface area contributed by atoms with E-state index >= 15 is 0 Å². The summed E-state index contributed by atoms with van der Waals surface area (Å²) in [6, 6.07) is 5.57. The second kappa shape index (κ2) is 6.75. The van der Waals surface area contributed by atoms with Crippen LogP contribution in [0.3, 0.4) is 0 Å². The summed E-state index contributed by atoms with van der Waals surface area (Å²) in [5, 5.41) is 2.91. The van der Waals surface area contributed by atoms with Gasteiger partial charge < -0.3 is 10.1 Å². The van der Waals surface area contributed by atoms with E-state index in [0.29, 0.717) is 17.9 Å². The first kappa shape index (κ1) is 14.1. The molecule has 1 aromatic carbocycles. The van der Waals surface area contributed by atoms with E-state index in [2.05, 4.69) is 27.3 Å². The van der Waals surface area contributed by atoms with E-state index in [-0.39, 0.29) is 5.91 Å². The molecule has 4 heteroatoms. The highest BCUT2D eigenvalue weighted by Gasteiger charge is 2.11. The lowest BCUT2D eigenvalue weighted by Gasteiger charge is -2.14. The fourth-order valence-corrected chi connectivity index (χ4v) is 2.60. The van der Waals surface area contributed by atoms with Crippen molar-refractivity contribution in [3.8, 4) is 5.75 Å². The Morgan fingerprint density at radius 2 is 2.26 bits per heavy atom. The van der Waals surface area contributed by atoms with Crippen LogP contribution in [0.5, 0.6) is 5.75 Å². The maximum absolute atomic E-state index is 12.0. The first-order chi connectivity index (χ1) is 9.19. The Kier molecular flexibility index (Phi) is 5.02. The summed E-state index contributed by atoms with van der Waals surface area (Å²) in [4.78, 5) is 12.0. The molecular formula is C15H18BrNO2. The molecule has 0 aromatic heterocycles. The third-order valence-corrected chi connectivity index (χ3v) is 3.70. The molecule has 2 rings (SSSR count). The number of hydrogen-bond donors (Lipinski definition) is 1. The minimum atomic E-state index is 0.0181. The van der Waals surface area contributed by atoms with Gasteiger partial charge in [-0.2, -0.15) is 0 Å². The van der Waals surface area contributed by atoms with Crippen molar-refractivity contribution in [2.24, 2.45) is 0 Å². The zero-order valence-corrected chi connectivity index (χ0v) is 12.6. The zero-order valence-electron chi connectivity index (χ0n) is 11.0. The highest BCUT2D eigenvalue weighted by molar-refractivity contribution is 9.10. The normalized spacial score (nSPS) is 14.7. The molecule has 0 fully saturated rings. The summed E-state index contributed by atoms with van der Waals surface area (Å²) in [6.07, 6.45) is 7.26. The van der Waals surface area contributed by atoms with Crippen LogP contribution >= 0.6 is 15.9 Å². The van der Waals surface area contributed by atoms with Gasteiger partial charge in [0.25, 0.3) is 0 Å². The Morgan fingerprint density at radius 3 is 2.95 bits per heavy atom. The molecule has 3 nitrogen and oxygen atoms in total. The van der Waals surface area contributed by atoms with E-state index < -0.39 is 0 Å². The second-order valence-electron chi connectivity index (χ2n) is 4.68. The second-order valence-corrected chi connectivity index (χ2v) is 5.59. The SMILES string of the molecule is COc1ccc(Br)cc1NC(=O)CC1=CCCCC1. The molecule has 19 heavy (non-hydrogen) atoms. The number of carbonyl (C=O) groups is 1. The van der Waals surface area contributed by atoms with Gasteiger partial charge in [0.15, 0.2) is 0 Å². The van der Waals surface area contributed by atoms with Crippen molar-refractivity contribution >= 4 is 27.5 Å². The molecule has 0 saturated heterocycles. The fourth-order valence-electron chi connectivity index (χ4n) is 2.24. The molecule has 1 aromatic rings. The minimum Gasteiger partial charge on any atom is -0.495 e. The molecule has 0 atom stereocenters. The summed E-state index contributed by atoms with van der Waals surface area (Å²) in [5.74, 6) is 0.693. The fraction of sp³-hybridized carbons (Fsp3) is 0.400. The zero-order chi connectivity index (χ0) is 13.7. The van der Waals surface area contributed by atoms with Gasteiger partial charge in [0, 0.05) is 10.9 Å². The van der Waals surface area contributed by atoms with Gasteiger partial charge in [-0.15, -0.1) is 0 Å². The van der Waals surface area contributed by atoms with Gasteiger partial charge in [0.2, 0.25) is 5.91 Å². The largest absolute Gasteiger partial charge is 0.495 e. The summed E-state index contributed by atoms with van der Waals surface area (Å²) in [6.45, 7) is 0. The van der Waals surface area contributed by atoms with Crippen molar-refractivity contribution in [3.63, 3.8) is 0 Å². The quantitative estimate of drug-likeness (QED) is 0.839. The van der Waals surface area contributed by atoms with Crippen LogP contribution in [0.15, 0.2) is 34.3 Å². The Morgan fingerprint density at radius 1 is 1.42 bits per heavy atom. The van der Waals surface area contributed by atoms with E-state index in [1.165, 1.54) is 18.4 Å². The van der Waals surface area contributed by atoms with Crippen LogP contribution in [0.1, 0.15) is 32.1 Å². The van der Waals surface area contributed by atoms with Gasteiger partial charge in [-0.1, -0.05) is 27.6 Å². The average Bonchev–Trinajstić information content (AvgIpc) is 2.40. The Hall–Kier alpha value is -1.29. The minimum absolute atomic E-state index is 0.0181. The third kappa shape index (κ3) is 4.10. The number of nitrogens with one attached hydrogen (secondary N) is 1. The van der Waals surface area contributed by atoms with Crippen LogP contribution in [0, 0.1) is 0 Å². The summed E-state index contributed by atoms with van der Waals surface area (Å²) in [7, 11) is 1.60. The molecule has 0 saturated carbocycles. The molecule has 1 aliphatic rings. The van der Waals surface area contributed by atoms with Gasteiger partial charge >= 0.3 is 0 Å². The number of hydrogen-bond acceptors (Lipinski definition) is 2. The number of halogens is 1. The van der Waals surface area contributed by atoms with Crippen LogP contribution in [0.4, 0.5) is 5.69 Å². The lowest BCUT2D eigenvalue weighted by Crippen LogP contribution is -2.13. The van der Waals surface area contributed by atoms with Gasteiger partial charge in [-0.05, 0) is 43.9 Å². The molecule has 0 aliphatic heterocycles. The molecule has 0 radical (unpaired) electrons. The Labute approximate surface area is 122 Å². The van der Waals surface area contributed by atoms with Crippen molar-refractivity contribution in [2.45, 2.75) is 32.1 Å². The van der Waals surface area contributed by atoms with Gasteiger partial charge in [0.05, 0.1) is 12.8 Å². The molecule has 1 amide bonds. The number of carbonyl (C=O) groups excluding carboxylic acids is 1. The highest BCUT2D eigenvalue weighted by atomic mass is 79.9. The lowest BCUT2D eigenvalue weighted by molar-refractivity contribution is -0.115. The highest BCUT2D eigenvalue weighted by Crippen LogP contribution is 2.28. The average molecular weight is 324 g/mol. The lowest BCUT2D eigenvalue weighted by atomic mass is 9.97. The van der Waals surface area contributed by atoms with Crippen LogP contribution < -0.4 is 10.1 Å². The molecule has 102 valence electrons. The molecular weight excluding hydrogens is 306 g/mol. The van der Waals surface area contributed by atoms with Crippen molar-refractivity contribution < 1.29 is 9.53 Å². The van der Waals surface area contributed by atoms with Crippen molar-refractivity contribution in [3.05, 3.63) is 34.3 Å². The van der Waals surface area contributed by atoms with Gasteiger partial charge in [0.1, 0.15) is 5.75 Å². The first-order valence-corrected chi connectivity index (χ1v) is 7.29. The molecule has 1 N–H and O–H groups in total. The molecule has 0 bridgehead atoms.